The van der Waals surface area contributed by atoms with Gasteiger partial charge in [-0.1, -0.05) is 24.3 Å². The highest BCUT2D eigenvalue weighted by Gasteiger charge is 2.20. The van der Waals surface area contributed by atoms with Gasteiger partial charge in [-0.15, -0.1) is 0 Å². The van der Waals surface area contributed by atoms with E-state index in [9.17, 15) is 0 Å². The first-order chi connectivity index (χ1) is 12.6. The number of nitrogens with one attached hydrogen (secondary N) is 1. The lowest BCUT2D eigenvalue weighted by molar-refractivity contribution is 0.415. The van der Waals surface area contributed by atoms with Gasteiger partial charge in [0.2, 0.25) is 5.96 Å². The van der Waals surface area contributed by atoms with E-state index >= 15 is 0 Å². The summed E-state index contributed by atoms with van der Waals surface area (Å²) >= 11 is 0. The Balaban J connectivity index is 1.68. The van der Waals surface area contributed by atoms with Crippen LogP contribution in [0, 0.1) is 5.41 Å². The Hall–Kier alpha value is -3.01. The molecule has 4 rings (SSSR count). The maximum absolute atomic E-state index is 8.69. The van der Waals surface area contributed by atoms with Crippen LogP contribution in [-0.2, 0) is 12.8 Å². The molecule has 0 amide bonds. The Morgan fingerprint density at radius 3 is 2.27 bits per heavy atom. The summed E-state index contributed by atoms with van der Waals surface area (Å²) in [5.74, 6) is 1.24. The van der Waals surface area contributed by atoms with Gasteiger partial charge in [-0.05, 0) is 59.7 Å². The second-order valence-corrected chi connectivity index (χ2v) is 6.72. The monoisotopic (exact) mass is 345 g/mol. The highest BCUT2D eigenvalue weighted by molar-refractivity contribution is 6.10. The van der Waals surface area contributed by atoms with Gasteiger partial charge in [0.05, 0.1) is 12.8 Å². The molecule has 0 fully saturated rings. The van der Waals surface area contributed by atoms with Gasteiger partial charge >= 0.3 is 0 Å². The van der Waals surface area contributed by atoms with E-state index in [1.165, 1.54) is 21.9 Å². The van der Waals surface area contributed by atoms with Crippen molar-refractivity contribution in [3.63, 3.8) is 0 Å². The Kier molecular flexibility index (Phi) is 4.03. The third-order valence-electron chi connectivity index (χ3n) is 5.31. The molecular formula is C22H23N3O. The molecule has 0 atom stereocenters. The first-order valence-corrected chi connectivity index (χ1v) is 8.83. The number of hydrogen-bond acceptors (Lipinski definition) is 2. The SMILES string of the molecule is COc1ccc(N(C)C(=N)N(C)c2ccc3c4c(cccc24)CC3)cc1. The van der Waals surface area contributed by atoms with Crippen molar-refractivity contribution >= 4 is 28.1 Å². The highest BCUT2D eigenvalue weighted by atomic mass is 16.5. The highest BCUT2D eigenvalue weighted by Crippen LogP contribution is 2.36. The lowest BCUT2D eigenvalue weighted by Crippen LogP contribution is -2.39. The number of benzene rings is 3. The third-order valence-corrected chi connectivity index (χ3v) is 5.31. The molecule has 0 saturated heterocycles. The first kappa shape index (κ1) is 16.5. The first-order valence-electron chi connectivity index (χ1n) is 8.83. The second kappa shape index (κ2) is 6.37. The molecule has 4 nitrogen and oxygen atoms in total. The van der Waals surface area contributed by atoms with Crippen LogP contribution in [0.4, 0.5) is 11.4 Å². The number of hydrogen-bond donors (Lipinski definition) is 1. The van der Waals surface area contributed by atoms with Crippen molar-refractivity contribution in [1.29, 1.82) is 5.41 Å². The number of ether oxygens (including phenoxy) is 1. The number of guanidine groups is 1. The van der Waals surface area contributed by atoms with Gasteiger partial charge in [0, 0.05) is 25.2 Å². The van der Waals surface area contributed by atoms with E-state index in [2.05, 4.69) is 30.3 Å². The Bertz CT molecular complexity index is 968. The van der Waals surface area contributed by atoms with Crippen molar-refractivity contribution in [2.24, 2.45) is 0 Å². The fourth-order valence-electron chi connectivity index (χ4n) is 3.79. The van der Waals surface area contributed by atoms with Crippen molar-refractivity contribution in [2.45, 2.75) is 12.8 Å². The molecular weight excluding hydrogens is 322 g/mol. The van der Waals surface area contributed by atoms with Gasteiger partial charge in [-0.2, -0.15) is 0 Å². The van der Waals surface area contributed by atoms with E-state index < -0.39 is 0 Å². The molecule has 4 heteroatoms. The molecule has 0 spiro atoms. The predicted molar refractivity (Wildman–Crippen MR) is 109 cm³/mol. The lowest BCUT2D eigenvalue weighted by atomic mass is 10.0. The van der Waals surface area contributed by atoms with Gasteiger partial charge in [0.25, 0.3) is 0 Å². The van der Waals surface area contributed by atoms with E-state index in [0.717, 1.165) is 30.0 Å². The maximum Gasteiger partial charge on any atom is 0.202 e. The normalized spacial score (nSPS) is 12.3. The second-order valence-electron chi connectivity index (χ2n) is 6.72. The maximum atomic E-state index is 8.69. The van der Waals surface area contributed by atoms with Crippen LogP contribution in [0.1, 0.15) is 11.1 Å². The predicted octanol–water partition coefficient (Wildman–Crippen LogP) is 4.45. The summed E-state index contributed by atoms with van der Waals surface area (Å²) in [7, 11) is 5.53. The molecule has 0 aliphatic heterocycles. The molecule has 0 unspecified atom stereocenters. The van der Waals surface area contributed by atoms with Crippen molar-refractivity contribution in [3.05, 3.63) is 65.7 Å². The van der Waals surface area contributed by atoms with Gasteiger partial charge in [0.15, 0.2) is 0 Å². The zero-order chi connectivity index (χ0) is 18.3. The van der Waals surface area contributed by atoms with E-state index in [4.69, 9.17) is 10.1 Å². The Labute approximate surface area is 154 Å². The van der Waals surface area contributed by atoms with Crippen LogP contribution >= 0.6 is 0 Å². The van der Waals surface area contributed by atoms with Gasteiger partial charge in [0.1, 0.15) is 5.75 Å². The van der Waals surface area contributed by atoms with Crippen molar-refractivity contribution in [2.75, 3.05) is 31.0 Å². The fraction of sp³-hybridized carbons (Fsp3) is 0.227. The molecule has 0 bridgehead atoms. The quantitative estimate of drug-likeness (QED) is 0.563. The van der Waals surface area contributed by atoms with Crippen LogP contribution in [0.5, 0.6) is 5.75 Å². The lowest BCUT2D eigenvalue weighted by Gasteiger charge is -2.29. The van der Waals surface area contributed by atoms with Crippen LogP contribution in [-0.4, -0.2) is 27.2 Å². The average Bonchev–Trinajstić information content (AvgIpc) is 3.12. The van der Waals surface area contributed by atoms with Crippen LogP contribution in [0.15, 0.2) is 54.6 Å². The van der Waals surface area contributed by atoms with Crippen LogP contribution in [0.2, 0.25) is 0 Å². The summed E-state index contributed by atoms with van der Waals surface area (Å²) in [6.45, 7) is 0. The van der Waals surface area contributed by atoms with E-state index in [1.807, 2.05) is 48.2 Å². The minimum absolute atomic E-state index is 0.425. The molecule has 0 radical (unpaired) electrons. The summed E-state index contributed by atoms with van der Waals surface area (Å²) in [6.07, 6.45) is 2.23. The summed E-state index contributed by atoms with van der Waals surface area (Å²) in [5.41, 5.74) is 4.86. The number of nitrogens with zero attached hydrogens (tertiary/aromatic N) is 2. The Morgan fingerprint density at radius 1 is 0.885 bits per heavy atom. The fourth-order valence-corrected chi connectivity index (χ4v) is 3.79. The van der Waals surface area contributed by atoms with Crippen LogP contribution in [0.25, 0.3) is 10.8 Å². The summed E-state index contributed by atoms with van der Waals surface area (Å²) < 4.78 is 5.22. The molecule has 0 saturated carbocycles. The summed E-state index contributed by atoms with van der Waals surface area (Å²) in [4.78, 5) is 3.83. The largest absolute Gasteiger partial charge is 0.497 e. The topological polar surface area (TPSA) is 39.6 Å². The summed E-state index contributed by atoms with van der Waals surface area (Å²) in [5, 5.41) is 11.3. The molecule has 0 aromatic heterocycles. The number of anilines is 2. The number of aryl methyl sites for hydroxylation is 2. The minimum atomic E-state index is 0.425. The van der Waals surface area contributed by atoms with Gasteiger partial charge in [-0.3, -0.25) is 5.41 Å². The third kappa shape index (κ3) is 2.58. The number of rotatable bonds is 3. The molecule has 1 aliphatic carbocycles. The van der Waals surface area contributed by atoms with E-state index in [0.29, 0.717) is 5.96 Å². The Morgan fingerprint density at radius 2 is 1.58 bits per heavy atom. The smallest absolute Gasteiger partial charge is 0.202 e. The molecule has 1 aliphatic rings. The molecule has 132 valence electrons. The molecule has 3 aromatic rings. The number of methoxy groups -OCH3 is 1. The van der Waals surface area contributed by atoms with Crippen molar-refractivity contribution < 1.29 is 4.74 Å². The van der Waals surface area contributed by atoms with Gasteiger partial charge < -0.3 is 14.5 Å². The van der Waals surface area contributed by atoms with Crippen LogP contribution in [0.3, 0.4) is 0 Å². The van der Waals surface area contributed by atoms with E-state index in [1.54, 1.807) is 7.11 Å². The molecule has 3 aromatic carbocycles. The van der Waals surface area contributed by atoms with Crippen molar-refractivity contribution in [3.8, 4) is 5.75 Å². The average molecular weight is 345 g/mol. The van der Waals surface area contributed by atoms with Gasteiger partial charge in [-0.25, -0.2) is 0 Å². The zero-order valence-corrected chi connectivity index (χ0v) is 15.4. The summed E-state index contributed by atoms with van der Waals surface area (Å²) in [6, 6.07) is 18.6. The molecule has 26 heavy (non-hydrogen) atoms. The van der Waals surface area contributed by atoms with Crippen molar-refractivity contribution in [1.82, 2.24) is 0 Å². The van der Waals surface area contributed by atoms with E-state index in [-0.39, 0.29) is 0 Å². The minimum Gasteiger partial charge on any atom is -0.497 e. The van der Waals surface area contributed by atoms with Crippen LogP contribution < -0.4 is 14.5 Å². The molecule has 1 N–H and O–H groups in total. The standard InChI is InChI=1S/C22H23N3O/c1-24(17-10-12-18(26-3)13-11-17)22(23)25(2)20-14-9-16-8-7-15-5-4-6-19(20)21(15)16/h4-6,9-14,23H,7-8H2,1-3H3. The zero-order valence-electron chi connectivity index (χ0n) is 15.4. The molecule has 0 heterocycles.